The lowest BCUT2D eigenvalue weighted by molar-refractivity contribution is -0.155. The van der Waals surface area contributed by atoms with E-state index in [9.17, 15) is 9.59 Å². The molecule has 0 saturated carbocycles. The number of nitrogens with zero attached hydrogens (tertiary/aromatic N) is 2. The summed E-state index contributed by atoms with van der Waals surface area (Å²) in [7, 11) is 1.62. The molecule has 2 amide bonds. The van der Waals surface area contributed by atoms with E-state index in [1.165, 1.54) is 9.80 Å². The van der Waals surface area contributed by atoms with E-state index >= 15 is 0 Å². The maximum Gasteiger partial charge on any atom is 0.312 e. The van der Waals surface area contributed by atoms with E-state index in [1.807, 2.05) is 0 Å². The van der Waals surface area contributed by atoms with Crippen molar-refractivity contribution < 1.29 is 14.3 Å². The molecule has 6 nitrogen and oxygen atoms in total. The van der Waals surface area contributed by atoms with Crippen molar-refractivity contribution in [1.29, 1.82) is 0 Å². The van der Waals surface area contributed by atoms with Gasteiger partial charge in [0.1, 0.15) is 17.3 Å². The van der Waals surface area contributed by atoms with Crippen LogP contribution in [0.1, 0.15) is 5.56 Å². The number of hydrogen-bond acceptors (Lipinski definition) is 4. The first kappa shape index (κ1) is 15.2. The van der Waals surface area contributed by atoms with Crippen LogP contribution in [0.25, 0.3) is 0 Å². The van der Waals surface area contributed by atoms with E-state index < -0.39 is 11.8 Å². The summed E-state index contributed by atoms with van der Waals surface area (Å²) in [6.07, 6.45) is 0. The van der Waals surface area contributed by atoms with Crippen molar-refractivity contribution in [2.45, 2.75) is 0 Å². The lowest BCUT2D eigenvalue weighted by atomic mass is 10.2. The SMILES string of the molecule is CN1CCN(CCOc2ccc(C(N)=S)cc2)C(=O)C1=O. The summed E-state index contributed by atoms with van der Waals surface area (Å²) in [6.45, 7) is 1.79. The summed E-state index contributed by atoms with van der Waals surface area (Å²) in [4.78, 5) is 26.6. The number of ether oxygens (including phenoxy) is 1. The average Bonchev–Trinajstić information content (AvgIpc) is 2.48. The number of thiocarbonyl (C=S) groups is 1. The Labute approximate surface area is 128 Å². The molecule has 0 atom stereocenters. The number of likely N-dealkylation sites (N-methyl/N-ethyl adjacent to an activating group) is 1. The molecule has 0 aliphatic carbocycles. The van der Waals surface area contributed by atoms with Gasteiger partial charge in [-0.15, -0.1) is 0 Å². The molecule has 0 aromatic heterocycles. The van der Waals surface area contributed by atoms with Crippen molar-refractivity contribution in [2.24, 2.45) is 5.73 Å². The van der Waals surface area contributed by atoms with Crippen LogP contribution in [0.3, 0.4) is 0 Å². The minimum absolute atomic E-state index is 0.329. The third-order valence-corrected chi connectivity index (χ3v) is 3.53. The number of carbonyl (C=O) groups is 2. The van der Waals surface area contributed by atoms with Crippen LogP contribution in [0.2, 0.25) is 0 Å². The van der Waals surface area contributed by atoms with Crippen LogP contribution in [0.5, 0.6) is 5.75 Å². The number of benzene rings is 1. The fourth-order valence-corrected chi connectivity index (χ4v) is 2.11. The molecule has 112 valence electrons. The van der Waals surface area contributed by atoms with Crippen molar-refractivity contribution in [2.75, 3.05) is 33.3 Å². The molecule has 1 aliphatic rings. The zero-order valence-electron chi connectivity index (χ0n) is 11.7. The number of rotatable bonds is 5. The van der Waals surface area contributed by atoms with E-state index in [4.69, 9.17) is 22.7 Å². The number of amides is 2. The Morgan fingerprint density at radius 1 is 1.24 bits per heavy atom. The second-order valence-corrected chi connectivity index (χ2v) is 5.20. The van der Waals surface area contributed by atoms with Crippen molar-refractivity contribution in [3.63, 3.8) is 0 Å². The highest BCUT2D eigenvalue weighted by Crippen LogP contribution is 2.12. The van der Waals surface area contributed by atoms with E-state index in [2.05, 4.69) is 0 Å². The first-order valence-corrected chi connectivity index (χ1v) is 6.97. The second kappa shape index (κ2) is 6.53. The minimum Gasteiger partial charge on any atom is -0.492 e. The molecular formula is C14H17N3O3S. The molecule has 1 heterocycles. The molecule has 0 bridgehead atoms. The summed E-state index contributed by atoms with van der Waals surface area (Å²) in [5, 5.41) is 0. The summed E-state index contributed by atoms with van der Waals surface area (Å²) in [6, 6.07) is 7.10. The normalized spacial score (nSPS) is 15.3. The predicted octanol–water partition coefficient (Wildman–Crippen LogP) is 0.000200. The average molecular weight is 307 g/mol. The molecule has 1 saturated heterocycles. The van der Waals surface area contributed by atoms with E-state index in [0.717, 1.165) is 5.56 Å². The van der Waals surface area contributed by atoms with Crippen LogP contribution in [-0.4, -0.2) is 59.9 Å². The molecule has 21 heavy (non-hydrogen) atoms. The monoisotopic (exact) mass is 307 g/mol. The van der Waals surface area contributed by atoms with E-state index in [0.29, 0.717) is 37.0 Å². The fraction of sp³-hybridized carbons (Fsp3) is 0.357. The van der Waals surface area contributed by atoms with E-state index in [-0.39, 0.29) is 0 Å². The molecular weight excluding hydrogens is 290 g/mol. The summed E-state index contributed by atoms with van der Waals surface area (Å²) in [5.41, 5.74) is 6.29. The van der Waals surface area contributed by atoms with Gasteiger partial charge in [0.25, 0.3) is 0 Å². The Morgan fingerprint density at radius 3 is 2.52 bits per heavy atom. The number of hydrogen-bond donors (Lipinski definition) is 1. The lowest BCUT2D eigenvalue weighted by Gasteiger charge is -2.31. The van der Waals surface area contributed by atoms with Gasteiger partial charge in [-0.25, -0.2) is 0 Å². The van der Waals surface area contributed by atoms with Crippen molar-refractivity contribution in [3.05, 3.63) is 29.8 Å². The molecule has 2 N–H and O–H groups in total. The van der Waals surface area contributed by atoms with Gasteiger partial charge in [-0.2, -0.15) is 0 Å². The van der Waals surface area contributed by atoms with Gasteiger partial charge in [0.15, 0.2) is 0 Å². The van der Waals surface area contributed by atoms with Gasteiger partial charge in [0.2, 0.25) is 0 Å². The van der Waals surface area contributed by atoms with Gasteiger partial charge in [-0.3, -0.25) is 9.59 Å². The van der Waals surface area contributed by atoms with Crippen LogP contribution in [0.4, 0.5) is 0 Å². The van der Waals surface area contributed by atoms with Gasteiger partial charge in [-0.05, 0) is 24.3 Å². The molecule has 1 aromatic carbocycles. The zero-order chi connectivity index (χ0) is 15.4. The topological polar surface area (TPSA) is 75.9 Å². The lowest BCUT2D eigenvalue weighted by Crippen LogP contribution is -2.53. The van der Waals surface area contributed by atoms with Crippen LogP contribution in [0, 0.1) is 0 Å². The van der Waals surface area contributed by atoms with Crippen molar-refractivity contribution >= 4 is 29.0 Å². The third kappa shape index (κ3) is 3.69. The molecule has 1 aromatic rings. The Bertz CT molecular complexity index is 559. The summed E-state index contributed by atoms with van der Waals surface area (Å²) < 4.78 is 5.55. The first-order valence-electron chi connectivity index (χ1n) is 6.56. The number of nitrogens with two attached hydrogens (primary N) is 1. The second-order valence-electron chi connectivity index (χ2n) is 4.76. The van der Waals surface area contributed by atoms with Crippen LogP contribution in [0.15, 0.2) is 24.3 Å². The zero-order valence-corrected chi connectivity index (χ0v) is 12.6. The highest BCUT2D eigenvalue weighted by molar-refractivity contribution is 7.80. The minimum atomic E-state index is -0.476. The van der Waals surface area contributed by atoms with E-state index in [1.54, 1.807) is 31.3 Å². The molecule has 0 radical (unpaired) electrons. The van der Waals surface area contributed by atoms with Crippen LogP contribution in [-0.2, 0) is 9.59 Å². The first-order chi connectivity index (χ1) is 9.99. The Kier molecular flexibility index (Phi) is 4.74. The Morgan fingerprint density at radius 2 is 1.90 bits per heavy atom. The molecule has 1 fully saturated rings. The summed E-state index contributed by atoms with van der Waals surface area (Å²) >= 11 is 4.87. The molecule has 7 heteroatoms. The van der Waals surface area contributed by atoms with Gasteiger partial charge >= 0.3 is 11.8 Å². The summed E-state index contributed by atoms with van der Waals surface area (Å²) in [5.74, 6) is -0.277. The van der Waals surface area contributed by atoms with Crippen molar-refractivity contribution in [1.82, 2.24) is 9.80 Å². The molecule has 0 spiro atoms. The predicted molar refractivity (Wildman–Crippen MR) is 82.0 cm³/mol. The smallest absolute Gasteiger partial charge is 0.312 e. The number of carbonyl (C=O) groups excluding carboxylic acids is 2. The van der Waals surface area contributed by atoms with Gasteiger partial charge < -0.3 is 20.3 Å². The Hall–Kier alpha value is -2.15. The molecule has 0 unspecified atom stereocenters. The van der Waals surface area contributed by atoms with Gasteiger partial charge in [-0.1, -0.05) is 12.2 Å². The maximum atomic E-state index is 11.7. The maximum absolute atomic E-state index is 11.7. The quantitative estimate of drug-likeness (QED) is 0.612. The highest BCUT2D eigenvalue weighted by atomic mass is 32.1. The highest BCUT2D eigenvalue weighted by Gasteiger charge is 2.29. The Balaban J connectivity index is 1.83. The number of piperazine rings is 1. The van der Waals surface area contributed by atoms with Gasteiger partial charge in [0, 0.05) is 25.7 Å². The third-order valence-electron chi connectivity index (χ3n) is 3.29. The molecule has 2 rings (SSSR count). The largest absolute Gasteiger partial charge is 0.492 e. The standard InChI is InChI=1S/C14H17N3O3S/c1-16-6-7-17(14(19)13(16)18)8-9-20-11-4-2-10(3-5-11)12(15)21/h2-5H,6-9H2,1H3,(H2,15,21). The molecule has 1 aliphatic heterocycles. The van der Waals surface area contributed by atoms with Crippen LogP contribution < -0.4 is 10.5 Å². The van der Waals surface area contributed by atoms with Gasteiger partial charge in [0.05, 0.1) is 6.54 Å². The fourth-order valence-electron chi connectivity index (χ4n) is 1.97. The van der Waals surface area contributed by atoms with Crippen LogP contribution >= 0.6 is 12.2 Å². The van der Waals surface area contributed by atoms with Crippen molar-refractivity contribution in [3.8, 4) is 5.75 Å².